The van der Waals surface area contributed by atoms with Gasteiger partial charge in [0.25, 0.3) is 0 Å². The molecule has 2 aromatic rings. The molecule has 0 spiro atoms. The minimum Gasteiger partial charge on any atom is -0.274 e. The van der Waals surface area contributed by atoms with E-state index in [1.54, 1.807) is 43.3 Å². The van der Waals surface area contributed by atoms with Gasteiger partial charge in [-0.15, -0.1) is 0 Å². The first-order valence-electron chi connectivity index (χ1n) is 8.78. The van der Waals surface area contributed by atoms with Crippen molar-refractivity contribution < 1.29 is 17.6 Å². The normalized spacial score (nSPS) is 20.8. The lowest BCUT2D eigenvalue weighted by molar-refractivity contribution is -0.126. The Morgan fingerprint density at radius 1 is 1.12 bits per heavy atom. The van der Waals surface area contributed by atoms with Crippen LogP contribution in [-0.2, 0) is 14.8 Å². The summed E-state index contributed by atoms with van der Waals surface area (Å²) in [5.74, 6) is -1.27. The van der Waals surface area contributed by atoms with Crippen LogP contribution >= 0.6 is 0 Å². The predicted molar refractivity (Wildman–Crippen MR) is 98.4 cm³/mol. The molecule has 0 aromatic heterocycles. The number of carbonyl (C=O) groups is 1. The molecule has 3 rings (SSSR count). The van der Waals surface area contributed by atoms with Gasteiger partial charge in [0.1, 0.15) is 11.1 Å². The average molecular weight is 375 g/mol. The lowest BCUT2D eigenvalue weighted by Crippen LogP contribution is -2.43. The number of carbonyl (C=O) groups excluding carboxylic acids is 1. The Kier molecular flexibility index (Phi) is 5.41. The van der Waals surface area contributed by atoms with Crippen molar-refractivity contribution >= 4 is 15.9 Å². The summed E-state index contributed by atoms with van der Waals surface area (Å²) >= 11 is 0. The molecule has 138 valence electrons. The van der Waals surface area contributed by atoms with Gasteiger partial charge in [-0.3, -0.25) is 9.52 Å². The Balaban J connectivity index is 1.73. The number of hydrogen-bond acceptors (Lipinski definition) is 3. The van der Waals surface area contributed by atoms with Crippen molar-refractivity contribution in [1.82, 2.24) is 4.72 Å². The second kappa shape index (κ2) is 7.58. The van der Waals surface area contributed by atoms with Crippen LogP contribution in [0.2, 0.25) is 0 Å². The van der Waals surface area contributed by atoms with Gasteiger partial charge in [0.05, 0.1) is 0 Å². The van der Waals surface area contributed by atoms with E-state index in [1.807, 2.05) is 6.07 Å². The van der Waals surface area contributed by atoms with Gasteiger partial charge in [0, 0.05) is 5.92 Å². The Morgan fingerprint density at radius 3 is 2.31 bits per heavy atom. The van der Waals surface area contributed by atoms with Gasteiger partial charge in [0.2, 0.25) is 15.9 Å². The maximum absolute atomic E-state index is 13.1. The lowest BCUT2D eigenvalue weighted by atomic mass is 9.69. The van der Waals surface area contributed by atoms with E-state index in [9.17, 15) is 17.6 Å². The highest BCUT2D eigenvalue weighted by molar-refractivity contribution is 7.90. The fourth-order valence-corrected chi connectivity index (χ4v) is 5.04. The summed E-state index contributed by atoms with van der Waals surface area (Å²) in [6.07, 6.45) is 1.80. The minimum absolute atomic E-state index is 0.0670. The number of amides is 1. The molecule has 0 saturated heterocycles. The van der Waals surface area contributed by atoms with Crippen LogP contribution in [0, 0.1) is 11.7 Å². The molecule has 4 nitrogen and oxygen atoms in total. The summed E-state index contributed by atoms with van der Waals surface area (Å²) in [5, 5.41) is -0.767. The molecule has 3 unspecified atom stereocenters. The molecule has 1 amide bonds. The number of hydrogen-bond donors (Lipinski definition) is 1. The first kappa shape index (κ1) is 18.6. The first-order valence-corrected chi connectivity index (χ1v) is 10.3. The summed E-state index contributed by atoms with van der Waals surface area (Å²) in [6, 6.07) is 14.9. The van der Waals surface area contributed by atoms with E-state index in [0.29, 0.717) is 18.4 Å². The van der Waals surface area contributed by atoms with Crippen molar-refractivity contribution in [2.45, 2.75) is 37.4 Å². The van der Waals surface area contributed by atoms with Crippen molar-refractivity contribution in [3.63, 3.8) is 0 Å². The van der Waals surface area contributed by atoms with Crippen LogP contribution in [-0.4, -0.2) is 14.3 Å². The maximum Gasteiger partial charge on any atom is 0.241 e. The molecule has 0 bridgehead atoms. The van der Waals surface area contributed by atoms with Crippen LogP contribution in [0.15, 0.2) is 54.6 Å². The van der Waals surface area contributed by atoms with Crippen LogP contribution in [0.3, 0.4) is 0 Å². The van der Waals surface area contributed by atoms with E-state index in [1.165, 1.54) is 12.1 Å². The van der Waals surface area contributed by atoms with Crippen LogP contribution in [0.25, 0.3) is 0 Å². The van der Waals surface area contributed by atoms with Gasteiger partial charge < -0.3 is 0 Å². The van der Waals surface area contributed by atoms with Crippen LogP contribution in [0.5, 0.6) is 0 Å². The van der Waals surface area contributed by atoms with Gasteiger partial charge in [0.15, 0.2) is 0 Å². The largest absolute Gasteiger partial charge is 0.274 e. The second-order valence-corrected chi connectivity index (χ2v) is 8.52. The Bertz CT molecular complexity index is 866. The molecule has 0 radical (unpaired) electrons. The molecule has 0 heterocycles. The standard InChI is InChI=1S/C20H22FNO3S/c1-2-19(15-6-4-3-5-7-15)26(24,25)22-20(23)18-13-12-17(18)14-8-10-16(21)11-9-14/h3-11,17-19H,2,12-13H2,1H3,(H,22,23). The highest BCUT2D eigenvalue weighted by Gasteiger charge is 2.40. The summed E-state index contributed by atoms with van der Waals surface area (Å²) in [6.45, 7) is 1.78. The lowest BCUT2D eigenvalue weighted by Gasteiger charge is -2.36. The summed E-state index contributed by atoms with van der Waals surface area (Å²) in [4.78, 5) is 12.6. The third-order valence-electron chi connectivity index (χ3n) is 5.07. The highest BCUT2D eigenvalue weighted by Crippen LogP contribution is 2.43. The third-order valence-corrected chi connectivity index (χ3v) is 6.91. The molecule has 0 aliphatic heterocycles. The topological polar surface area (TPSA) is 63.2 Å². The molecule has 1 N–H and O–H groups in total. The summed E-state index contributed by atoms with van der Waals surface area (Å²) in [5.41, 5.74) is 1.53. The summed E-state index contributed by atoms with van der Waals surface area (Å²) < 4.78 is 40.8. The zero-order valence-electron chi connectivity index (χ0n) is 14.6. The molecule has 1 saturated carbocycles. The molecule has 3 atom stereocenters. The monoisotopic (exact) mass is 375 g/mol. The smallest absolute Gasteiger partial charge is 0.241 e. The molecule has 1 aliphatic carbocycles. The minimum atomic E-state index is -3.82. The van der Waals surface area contributed by atoms with Crippen LogP contribution < -0.4 is 4.72 Å². The Hall–Kier alpha value is -2.21. The first-order chi connectivity index (χ1) is 12.4. The van der Waals surface area contributed by atoms with E-state index in [4.69, 9.17) is 0 Å². The van der Waals surface area contributed by atoms with Crippen molar-refractivity contribution in [3.8, 4) is 0 Å². The predicted octanol–water partition coefficient (Wildman–Crippen LogP) is 3.92. The molecule has 6 heteroatoms. The SMILES string of the molecule is CCC(c1ccccc1)S(=O)(=O)NC(=O)C1CCC1c1ccc(F)cc1. The zero-order valence-corrected chi connectivity index (χ0v) is 15.4. The van der Waals surface area contributed by atoms with E-state index in [-0.39, 0.29) is 11.7 Å². The number of halogens is 1. The Morgan fingerprint density at radius 2 is 1.77 bits per heavy atom. The second-order valence-electron chi connectivity index (χ2n) is 6.66. The van der Waals surface area contributed by atoms with E-state index >= 15 is 0 Å². The highest BCUT2D eigenvalue weighted by atomic mass is 32.2. The van der Waals surface area contributed by atoms with Crippen LogP contribution in [0.4, 0.5) is 4.39 Å². The number of rotatable bonds is 6. The van der Waals surface area contributed by atoms with Gasteiger partial charge in [-0.25, -0.2) is 12.8 Å². The van der Waals surface area contributed by atoms with Crippen molar-refractivity contribution in [2.75, 3.05) is 0 Å². The van der Waals surface area contributed by atoms with Crippen molar-refractivity contribution in [2.24, 2.45) is 5.92 Å². The molecule has 1 aliphatic rings. The average Bonchev–Trinajstić information content (AvgIpc) is 2.56. The van der Waals surface area contributed by atoms with E-state index in [0.717, 1.165) is 12.0 Å². The quantitative estimate of drug-likeness (QED) is 0.832. The van der Waals surface area contributed by atoms with Crippen molar-refractivity contribution in [3.05, 3.63) is 71.5 Å². The molecule has 26 heavy (non-hydrogen) atoms. The zero-order chi connectivity index (χ0) is 18.7. The fourth-order valence-electron chi connectivity index (χ4n) is 3.51. The molecule has 1 fully saturated rings. The maximum atomic E-state index is 13.1. The van der Waals surface area contributed by atoms with E-state index < -0.39 is 27.1 Å². The van der Waals surface area contributed by atoms with Gasteiger partial charge in [-0.1, -0.05) is 49.4 Å². The van der Waals surface area contributed by atoms with Crippen molar-refractivity contribution in [1.29, 1.82) is 0 Å². The van der Waals surface area contributed by atoms with Gasteiger partial charge in [-0.2, -0.15) is 0 Å². The van der Waals surface area contributed by atoms with Gasteiger partial charge >= 0.3 is 0 Å². The number of sulfonamides is 1. The van der Waals surface area contributed by atoms with E-state index in [2.05, 4.69) is 4.72 Å². The van der Waals surface area contributed by atoms with Gasteiger partial charge in [-0.05, 0) is 48.4 Å². The number of benzene rings is 2. The molecular weight excluding hydrogens is 353 g/mol. The van der Waals surface area contributed by atoms with Crippen LogP contribution in [0.1, 0.15) is 48.5 Å². The molecule has 2 aromatic carbocycles. The third kappa shape index (κ3) is 3.80. The number of nitrogens with one attached hydrogen (secondary N) is 1. The fraction of sp³-hybridized carbons (Fsp3) is 0.350. The Labute approximate surface area is 153 Å². The molecular formula is C20H22FNO3S. The summed E-state index contributed by atoms with van der Waals surface area (Å²) in [7, 11) is -3.82.